The molecule has 0 fully saturated rings. The lowest BCUT2D eigenvalue weighted by atomic mass is 10.1. The minimum atomic E-state index is -0.0204. The van der Waals surface area contributed by atoms with Gasteiger partial charge in [0, 0.05) is 25.5 Å². The van der Waals surface area contributed by atoms with Crippen LogP contribution in [0, 0.1) is 0 Å². The molecule has 0 spiro atoms. The molecule has 0 radical (unpaired) electrons. The van der Waals surface area contributed by atoms with E-state index in [0.29, 0.717) is 18.8 Å². The molecule has 1 aromatic carbocycles. The summed E-state index contributed by atoms with van der Waals surface area (Å²) in [7, 11) is 1.80. The second-order valence-corrected chi connectivity index (χ2v) is 4.93. The molecule has 0 saturated carbocycles. The predicted octanol–water partition coefficient (Wildman–Crippen LogP) is 2.24. The Morgan fingerprint density at radius 1 is 1.30 bits per heavy atom. The highest BCUT2D eigenvalue weighted by Gasteiger charge is 2.27. The zero-order chi connectivity index (χ0) is 14.1. The van der Waals surface area contributed by atoms with Crippen molar-refractivity contribution >= 4 is 17.4 Å². The fraction of sp³-hybridized carbons (Fsp3) is 0.200. The Balaban J connectivity index is 1.97. The third-order valence-corrected chi connectivity index (χ3v) is 3.41. The van der Waals surface area contributed by atoms with Gasteiger partial charge in [0.25, 0.3) is 0 Å². The van der Waals surface area contributed by atoms with Crippen LogP contribution in [-0.4, -0.2) is 23.0 Å². The topological polar surface area (TPSA) is 62.5 Å². The summed E-state index contributed by atoms with van der Waals surface area (Å²) in [6.45, 7) is 1.06. The maximum Gasteiger partial charge on any atom is 0.324 e. The summed E-state index contributed by atoms with van der Waals surface area (Å²) in [6, 6.07) is 11.4. The standard InChI is InChI=1S/C15H16N4O/c1-18-9-11-4-2-3-5-14(11)19(15(18)20)10-13-8-12(16)6-7-17-13/h2-8H,9-10H2,1H3,(H2,16,17). The Bertz CT molecular complexity index is 656. The van der Waals surface area contributed by atoms with Crippen LogP contribution in [0.3, 0.4) is 0 Å². The Kier molecular flexibility index (Phi) is 3.02. The van der Waals surface area contributed by atoms with Gasteiger partial charge >= 0.3 is 6.03 Å². The maximum atomic E-state index is 12.4. The lowest BCUT2D eigenvalue weighted by molar-refractivity contribution is 0.210. The number of anilines is 2. The molecule has 20 heavy (non-hydrogen) atoms. The van der Waals surface area contributed by atoms with Crippen LogP contribution in [0.25, 0.3) is 0 Å². The molecule has 2 N–H and O–H groups in total. The highest BCUT2D eigenvalue weighted by atomic mass is 16.2. The van der Waals surface area contributed by atoms with E-state index in [2.05, 4.69) is 4.98 Å². The molecule has 0 aliphatic carbocycles. The van der Waals surface area contributed by atoms with Crippen LogP contribution in [0.2, 0.25) is 0 Å². The van der Waals surface area contributed by atoms with Crippen LogP contribution >= 0.6 is 0 Å². The molecular weight excluding hydrogens is 252 g/mol. The Labute approximate surface area is 117 Å². The third-order valence-electron chi connectivity index (χ3n) is 3.41. The molecule has 1 aliphatic rings. The van der Waals surface area contributed by atoms with Crippen molar-refractivity contribution in [3.05, 3.63) is 53.9 Å². The summed E-state index contributed by atoms with van der Waals surface area (Å²) >= 11 is 0. The number of carbonyl (C=O) groups excluding carboxylic acids is 1. The van der Waals surface area contributed by atoms with Gasteiger partial charge in [-0.1, -0.05) is 18.2 Å². The zero-order valence-electron chi connectivity index (χ0n) is 11.3. The van der Waals surface area contributed by atoms with Gasteiger partial charge in [0.2, 0.25) is 0 Å². The van der Waals surface area contributed by atoms with Crippen LogP contribution in [0.4, 0.5) is 16.2 Å². The molecule has 0 saturated heterocycles. The smallest absolute Gasteiger partial charge is 0.324 e. The first-order valence-corrected chi connectivity index (χ1v) is 6.46. The van der Waals surface area contributed by atoms with E-state index in [1.807, 2.05) is 24.3 Å². The monoisotopic (exact) mass is 268 g/mol. The van der Waals surface area contributed by atoms with Gasteiger partial charge in [0.15, 0.2) is 0 Å². The van der Waals surface area contributed by atoms with Gasteiger partial charge in [-0.25, -0.2) is 4.79 Å². The third kappa shape index (κ3) is 2.18. The van der Waals surface area contributed by atoms with E-state index in [1.165, 1.54) is 0 Å². The van der Waals surface area contributed by atoms with Crippen molar-refractivity contribution in [2.45, 2.75) is 13.1 Å². The van der Waals surface area contributed by atoms with E-state index in [9.17, 15) is 4.79 Å². The SMILES string of the molecule is CN1Cc2ccccc2N(Cc2cc(N)ccn2)C1=O. The Hall–Kier alpha value is -2.56. The van der Waals surface area contributed by atoms with E-state index in [4.69, 9.17) is 5.73 Å². The van der Waals surface area contributed by atoms with Crippen molar-refractivity contribution in [3.8, 4) is 0 Å². The molecule has 102 valence electrons. The average Bonchev–Trinajstić information content (AvgIpc) is 2.44. The summed E-state index contributed by atoms with van der Waals surface area (Å²) in [4.78, 5) is 20.1. The van der Waals surface area contributed by atoms with Crippen molar-refractivity contribution in [1.29, 1.82) is 0 Å². The second kappa shape index (κ2) is 4.85. The molecule has 0 atom stereocenters. The van der Waals surface area contributed by atoms with Crippen molar-refractivity contribution < 1.29 is 4.79 Å². The number of benzene rings is 1. The fourth-order valence-electron chi connectivity index (χ4n) is 2.44. The second-order valence-electron chi connectivity index (χ2n) is 4.93. The summed E-state index contributed by atoms with van der Waals surface area (Å²) in [6.07, 6.45) is 1.66. The number of amides is 2. The van der Waals surface area contributed by atoms with Gasteiger partial charge in [-0.2, -0.15) is 0 Å². The number of nitrogens with zero attached hydrogens (tertiary/aromatic N) is 3. The molecule has 0 bridgehead atoms. The van der Waals surface area contributed by atoms with Crippen molar-refractivity contribution in [3.63, 3.8) is 0 Å². The number of fused-ring (bicyclic) bond motifs is 1. The molecule has 3 rings (SSSR count). The van der Waals surface area contributed by atoms with Gasteiger partial charge in [-0.05, 0) is 23.8 Å². The summed E-state index contributed by atoms with van der Waals surface area (Å²) < 4.78 is 0. The number of hydrogen-bond acceptors (Lipinski definition) is 3. The van der Waals surface area contributed by atoms with E-state index in [0.717, 1.165) is 16.9 Å². The largest absolute Gasteiger partial charge is 0.399 e. The zero-order valence-corrected chi connectivity index (χ0v) is 11.3. The number of nitrogens with two attached hydrogens (primary N) is 1. The lowest BCUT2D eigenvalue weighted by Crippen LogP contribution is -2.44. The molecule has 5 nitrogen and oxygen atoms in total. The molecule has 2 heterocycles. The number of rotatable bonds is 2. The van der Waals surface area contributed by atoms with Crippen LogP contribution < -0.4 is 10.6 Å². The fourth-order valence-corrected chi connectivity index (χ4v) is 2.44. The molecule has 2 amide bonds. The van der Waals surface area contributed by atoms with E-state index in [1.54, 1.807) is 35.2 Å². The Morgan fingerprint density at radius 3 is 2.90 bits per heavy atom. The highest BCUT2D eigenvalue weighted by molar-refractivity contribution is 5.94. The lowest BCUT2D eigenvalue weighted by Gasteiger charge is -2.34. The quantitative estimate of drug-likeness (QED) is 0.908. The van der Waals surface area contributed by atoms with Crippen molar-refractivity contribution in [2.75, 3.05) is 17.7 Å². The molecule has 5 heteroatoms. The number of pyridine rings is 1. The van der Waals surface area contributed by atoms with Crippen molar-refractivity contribution in [1.82, 2.24) is 9.88 Å². The van der Waals surface area contributed by atoms with Crippen LogP contribution in [0.15, 0.2) is 42.6 Å². The van der Waals surface area contributed by atoms with Gasteiger partial charge < -0.3 is 10.6 Å². The number of carbonyl (C=O) groups is 1. The van der Waals surface area contributed by atoms with Gasteiger partial charge in [-0.15, -0.1) is 0 Å². The number of hydrogen-bond donors (Lipinski definition) is 1. The maximum absolute atomic E-state index is 12.4. The van der Waals surface area contributed by atoms with Crippen LogP contribution in [0.5, 0.6) is 0 Å². The highest BCUT2D eigenvalue weighted by Crippen LogP contribution is 2.28. The number of para-hydroxylation sites is 1. The molecule has 1 aliphatic heterocycles. The molecular formula is C15H16N4O. The van der Waals surface area contributed by atoms with Crippen LogP contribution in [-0.2, 0) is 13.1 Å². The first-order chi connectivity index (χ1) is 9.65. The van der Waals surface area contributed by atoms with E-state index < -0.39 is 0 Å². The first-order valence-electron chi connectivity index (χ1n) is 6.46. The van der Waals surface area contributed by atoms with E-state index in [-0.39, 0.29) is 6.03 Å². The Morgan fingerprint density at radius 2 is 2.10 bits per heavy atom. The molecule has 2 aromatic rings. The summed E-state index contributed by atoms with van der Waals surface area (Å²) in [5, 5.41) is 0. The summed E-state index contributed by atoms with van der Waals surface area (Å²) in [5.74, 6) is 0. The number of nitrogen functional groups attached to an aromatic ring is 1. The minimum Gasteiger partial charge on any atom is -0.399 e. The average molecular weight is 268 g/mol. The number of aromatic nitrogens is 1. The van der Waals surface area contributed by atoms with Gasteiger partial charge in [-0.3, -0.25) is 9.88 Å². The normalized spacial score (nSPS) is 14.3. The van der Waals surface area contributed by atoms with Crippen LogP contribution in [0.1, 0.15) is 11.3 Å². The first kappa shape index (κ1) is 12.5. The van der Waals surface area contributed by atoms with Crippen molar-refractivity contribution in [2.24, 2.45) is 0 Å². The molecule has 0 unspecified atom stereocenters. The molecule has 1 aromatic heterocycles. The van der Waals surface area contributed by atoms with Gasteiger partial charge in [0.05, 0.1) is 17.9 Å². The minimum absolute atomic E-state index is 0.0204. The predicted molar refractivity (Wildman–Crippen MR) is 78.1 cm³/mol. The summed E-state index contributed by atoms with van der Waals surface area (Å²) in [5.41, 5.74) is 9.28. The van der Waals surface area contributed by atoms with E-state index >= 15 is 0 Å². The number of urea groups is 1. The van der Waals surface area contributed by atoms with Gasteiger partial charge in [0.1, 0.15) is 0 Å².